The third-order valence-electron chi connectivity index (χ3n) is 3.58. The van der Waals surface area contributed by atoms with Crippen molar-refractivity contribution in [2.24, 2.45) is 11.7 Å². The second kappa shape index (κ2) is 8.36. The highest BCUT2D eigenvalue weighted by atomic mass is 35.5. The molecule has 0 aliphatic heterocycles. The van der Waals surface area contributed by atoms with Crippen LogP contribution in [-0.4, -0.2) is 42.4 Å². The van der Waals surface area contributed by atoms with Crippen LogP contribution in [-0.2, 0) is 4.79 Å². The molecule has 1 unspecified atom stereocenters. The molecule has 1 heterocycles. The van der Waals surface area contributed by atoms with Crippen molar-refractivity contribution in [3.05, 3.63) is 22.4 Å². The van der Waals surface area contributed by atoms with Gasteiger partial charge >= 0.3 is 0 Å². The van der Waals surface area contributed by atoms with Crippen molar-refractivity contribution in [3.63, 3.8) is 0 Å². The van der Waals surface area contributed by atoms with E-state index < -0.39 is 5.54 Å². The molecule has 21 heavy (non-hydrogen) atoms. The number of amides is 2. The average molecular weight is 334 g/mol. The summed E-state index contributed by atoms with van der Waals surface area (Å²) in [4.78, 5) is 26.1. The number of nitrogens with one attached hydrogen (secondary N) is 1. The number of halogens is 1. The highest BCUT2D eigenvalue weighted by Crippen LogP contribution is 2.15. The molecule has 0 saturated heterocycles. The first-order valence-corrected chi connectivity index (χ1v) is 7.48. The SMILES string of the molecule is CC(C)C(C)(CN)NC(=O)CN(C)C(=O)c1cccs1.Cl. The molecule has 1 aromatic rings. The molecular formula is C14H24ClN3O2S. The van der Waals surface area contributed by atoms with E-state index in [1.807, 2.05) is 32.2 Å². The van der Waals surface area contributed by atoms with Gasteiger partial charge in [-0.25, -0.2) is 0 Å². The maximum atomic E-state index is 12.0. The zero-order valence-corrected chi connectivity index (χ0v) is 14.5. The second-order valence-electron chi connectivity index (χ2n) is 5.46. The molecule has 2 amide bonds. The van der Waals surface area contributed by atoms with Crippen LogP contribution >= 0.6 is 23.7 Å². The summed E-state index contributed by atoms with van der Waals surface area (Å²) in [5, 5.41) is 4.76. The summed E-state index contributed by atoms with van der Waals surface area (Å²) in [6.07, 6.45) is 0. The first-order valence-electron chi connectivity index (χ1n) is 6.60. The van der Waals surface area contributed by atoms with Crippen molar-refractivity contribution in [3.8, 4) is 0 Å². The van der Waals surface area contributed by atoms with Crippen molar-refractivity contribution in [2.75, 3.05) is 20.1 Å². The van der Waals surface area contributed by atoms with Gasteiger partial charge in [0.1, 0.15) is 0 Å². The Hall–Kier alpha value is -1.11. The fourth-order valence-corrected chi connectivity index (χ4v) is 2.38. The molecule has 0 fully saturated rings. The monoisotopic (exact) mass is 333 g/mol. The number of nitrogens with two attached hydrogens (primary N) is 1. The third kappa shape index (κ3) is 5.30. The maximum absolute atomic E-state index is 12.0. The molecular weight excluding hydrogens is 310 g/mol. The summed E-state index contributed by atoms with van der Waals surface area (Å²) in [6.45, 7) is 6.32. The summed E-state index contributed by atoms with van der Waals surface area (Å²) in [6, 6.07) is 3.57. The molecule has 1 aromatic heterocycles. The first-order chi connectivity index (χ1) is 9.30. The number of carbonyl (C=O) groups is 2. The Morgan fingerprint density at radius 2 is 2.10 bits per heavy atom. The zero-order valence-electron chi connectivity index (χ0n) is 12.9. The Bertz CT molecular complexity index is 465. The molecule has 0 aromatic carbocycles. The normalized spacial score (nSPS) is 13.2. The van der Waals surface area contributed by atoms with E-state index in [-0.39, 0.29) is 36.7 Å². The van der Waals surface area contributed by atoms with Crippen LogP contribution in [0.2, 0.25) is 0 Å². The Morgan fingerprint density at radius 1 is 1.48 bits per heavy atom. The molecule has 7 heteroatoms. The Kier molecular flexibility index (Phi) is 7.92. The average Bonchev–Trinajstić information content (AvgIpc) is 2.90. The summed E-state index contributed by atoms with van der Waals surface area (Å²) in [5.74, 6) is -0.122. The summed E-state index contributed by atoms with van der Waals surface area (Å²) >= 11 is 1.37. The van der Waals surface area contributed by atoms with Gasteiger partial charge in [-0.15, -0.1) is 23.7 Å². The third-order valence-corrected chi connectivity index (χ3v) is 4.44. The van der Waals surface area contributed by atoms with E-state index in [0.717, 1.165) is 0 Å². The number of hydrogen-bond acceptors (Lipinski definition) is 4. The minimum atomic E-state index is -0.454. The molecule has 0 saturated carbocycles. The number of carbonyl (C=O) groups excluding carboxylic acids is 2. The molecule has 120 valence electrons. The lowest BCUT2D eigenvalue weighted by atomic mass is 9.88. The van der Waals surface area contributed by atoms with E-state index in [9.17, 15) is 9.59 Å². The molecule has 1 atom stereocenters. The number of hydrogen-bond donors (Lipinski definition) is 2. The van der Waals surface area contributed by atoms with E-state index in [1.54, 1.807) is 13.1 Å². The first kappa shape index (κ1) is 19.9. The molecule has 0 radical (unpaired) electrons. The van der Waals surface area contributed by atoms with E-state index in [2.05, 4.69) is 5.32 Å². The summed E-state index contributed by atoms with van der Waals surface area (Å²) in [7, 11) is 1.62. The van der Waals surface area contributed by atoms with Gasteiger partial charge in [-0.1, -0.05) is 19.9 Å². The Morgan fingerprint density at radius 3 is 2.52 bits per heavy atom. The van der Waals surface area contributed by atoms with Gasteiger partial charge in [0.2, 0.25) is 5.91 Å². The zero-order chi connectivity index (χ0) is 15.3. The fourth-order valence-electron chi connectivity index (χ4n) is 1.66. The quantitative estimate of drug-likeness (QED) is 0.832. The van der Waals surface area contributed by atoms with Crippen LogP contribution in [0.25, 0.3) is 0 Å². The lowest BCUT2D eigenvalue weighted by molar-refractivity contribution is -0.123. The predicted molar refractivity (Wildman–Crippen MR) is 89.0 cm³/mol. The van der Waals surface area contributed by atoms with Gasteiger partial charge in [-0.05, 0) is 24.3 Å². The van der Waals surface area contributed by atoms with Gasteiger partial charge < -0.3 is 16.0 Å². The van der Waals surface area contributed by atoms with E-state index >= 15 is 0 Å². The summed E-state index contributed by atoms with van der Waals surface area (Å²) in [5.41, 5.74) is 5.28. The van der Waals surface area contributed by atoms with Gasteiger partial charge in [0, 0.05) is 13.6 Å². The van der Waals surface area contributed by atoms with Crippen molar-refractivity contribution in [2.45, 2.75) is 26.3 Å². The predicted octanol–water partition coefficient (Wildman–Crippen LogP) is 1.73. The molecule has 0 bridgehead atoms. The van der Waals surface area contributed by atoms with E-state index in [1.165, 1.54) is 16.2 Å². The molecule has 0 aliphatic carbocycles. The number of thiophene rings is 1. The van der Waals surface area contributed by atoms with Crippen LogP contribution in [0.3, 0.4) is 0 Å². The molecule has 5 nitrogen and oxygen atoms in total. The second-order valence-corrected chi connectivity index (χ2v) is 6.41. The van der Waals surface area contributed by atoms with Crippen LogP contribution in [0.15, 0.2) is 17.5 Å². The van der Waals surface area contributed by atoms with E-state index in [0.29, 0.717) is 11.4 Å². The van der Waals surface area contributed by atoms with Crippen molar-refractivity contribution in [1.29, 1.82) is 0 Å². The van der Waals surface area contributed by atoms with Crippen molar-refractivity contribution >= 4 is 35.6 Å². The van der Waals surface area contributed by atoms with Crippen LogP contribution in [0.1, 0.15) is 30.4 Å². The van der Waals surface area contributed by atoms with Gasteiger partial charge in [-0.2, -0.15) is 0 Å². The van der Waals surface area contributed by atoms with Crippen LogP contribution < -0.4 is 11.1 Å². The Labute approximate surface area is 136 Å². The van der Waals surface area contributed by atoms with Gasteiger partial charge in [0.15, 0.2) is 0 Å². The topological polar surface area (TPSA) is 75.4 Å². The van der Waals surface area contributed by atoms with Crippen LogP contribution in [0.4, 0.5) is 0 Å². The number of nitrogens with zero attached hydrogens (tertiary/aromatic N) is 1. The molecule has 3 N–H and O–H groups in total. The van der Waals surface area contributed by atoms with E-state index in [4.69, 9.17) is 5.73 Å². The lowest BCUT2D eigenvalue weighted by Gasteiger charge is -2.34. The minimum absolute atomic E-state index is 0. The molecule has 0 aliphatic rings. The largest absolute Gasteiger partial charge is 0.348 e. The van der Waals surface area contributed by atoms with Crippen LogP contribution in [0, 0.1) is 5.92 Å². The fraction of sp³-hybridized carbons (Fsp3) is 0.571. The number of likely N-dealkylation sites (N-methyl/N-ethyl adjacent to an activating group) is 1. The number of rotatable bonds is 6. The van der Waals surface area contributed by atoms with Gasteiger partial charge in [0.25, 0.3) is 5.91 Å². The van der Waals surface area contributed by atoms with Gasteiger partial charge in [0.05, 0.1) is 17.0 Å². The summed E-state index contributed by atoms with van der Waals surface area (Å²) < 4.78 is 0. The van der Waals surface area contributed by atoms with Crippen molar-refractivity contribution < 1.29 is 9.59 Å². The lowest BCUT2D eigenvalue weighted by Crippen LogP contribution is -2.57. The standard InChI is InChI=1S/C14H23N3O2S.ClH/c1-10(2)14(3,9-15)16-12(18)8-17(4)13(19)11-6-5-7-20-11;/h5-7,10H,8-9,15H2,1-4H3,(H,16,18);1H. The smallest absolute Gasteiger partial charge is 0.264 e. The minimum Gasteiger partial charge on any atom is -0.348 e. The highest BCUT2D eigenvalue weighted by molar-refractivity contribution is 7.12. The maximum Gasteiger partial charge on any atom is 0.264 e. The van der Waals surface area contributed by atoms with Crippen molar-refractivity contribution in [1.82, 2.24) is 10.2 Å². The van der Waals surface area contributed by atoms with Crippen LogP contribution in [0.5, 0.6) is 0 Å². The van der Waals surface area contributed by atoms with Gasteiger partial charge in [-0.3, -0.25) is 9.59 Å². The molecule has 1 rings (SSSR count). The highest BCUT2D eigenvalue weighted by Gasteiger charge is 2.29. The Balaban J connectivity index is 0.00000400. The molecule has 0 spiro atoms.